The fourth-order valence-electron chi connectivity index (χ4n) is 1.59. The number of hydrogen-bond donors (Lipinski definition) is 1. The lowest BCUT2D eigenvalue weighted by Gasteiger charge is -2.10. The molecule has 0 saturated heterocycles. The van der Waals surface area contributed by atoms with Crippen LogP contribution in [0.4, 0.5) is 0 Å². The molecule has 0 atom stereocenters. The molecule has 1 rings (SSSR count). The summed E-state index contributed by atoms with van der Waals surface area (Å²) >= 11 is 0. The number of aliphatic hydroxyl groups excluding tert-OH is 1. The van der Waals surface area contributed by atoms with Gasteiger partial charge in [0.25, 0.3) is 0 Å². The zero-order valence-electron chi connectivity index (χ0n) is 9.58. The third kappa shape index (κ3) is 2.66. The molecule has 15 heavy (non-hydrogen) atoms. The van der Waals surface area contributed by atoms with E-state index in [1.54, 1.807) is 0 Å². The number of carbonyl (C=O) groups is 1. The van der Waals surface area contributed by atoms with E-state index in [2.05, 4.69) is 0 Å². The van der Waals surface area contributed by atoms with Gasteiger partial charge in [0.15, 0.2) is 5.78 Å². The molecule has 0 bridgehead atoms. The number of aliphatic hydroxyl groups is 1. The van der Waals surface area contributed by atoms with Crippen molar-refractivity contribution >= 4 is 5.78 Å². The minimum Gasteiger partial charge on any atom is -0.392 e. The normalized spacial score (nSPS) is 10.7. The maximum atomic E-state index is 11.9. The molecule has 0 radical (unpaired) electrons. The van der Waals surface area contributed by atoms with Crippen molar-refractivity contribution in [2.45, 2.75) is 33.8 Å². The van der Waals surface area contributed by atoms with Crippen molar-refractivity contribution in [3.8, 4) is 0 Å². The maximum absolute atomic E-state index is 11.9. The van der Waals surface area contributed by atoms with Gasteiger partial charge in [0.2, 0.25) is 0 Å². The molecule has 0 unspecified atom stereocenters. The number of ketones is 1. The summed E-state index contributed by atoms with van der Waals surface area (Å²) in [6, 6.07) is 5.55. The first-order valence-corrected chi connectivity index (χ1v) is 5.37. The number of carbonyl (C=O) groups excluding carboxylic acids is 1. The first-order chi connectivity index (χ1) is 7.10. The van der Waals surface area contributed by atoms with Crippen LogP contribution in [0.25, 0.3) is 0 Å². The summed E-state index contributed by atoms with van der Waals surface area (Å²) in [7, 11) is 0. The predicted molar refractivity (Wildman–Crippen MR) is 60.9 cm³/mol. The molecule has 0 aliphatic carbocycles. The zero-order chi connectivity index (χ0) is 11.4. The van der Waals surface area contributed by atoms with Gasteiger partial charge in [-0.2, -0.15) is 0 Å². The van der Waals surface area contributed by atoms with E-state index in [9.17, 15) is 4.79 Å². The van der Waals surface area contributed by atoms with Crippen molar-refractivity contribution in [2.24, 2.45) is 5.92 Å². The van der Waals surface area contributed by atoms with Crippen LogP contribution in [0.3, 0.4) is 0 Å². The topological polar surface area (TPSA) is 37.3 Å². The Morgan fingerprint density at radius 2 is 2.07 bits per heavy atom. The Balaban J connectivity index is 3.13. The van der Waals surface area contributed by atoms with Crippen molar-refractivity contribution in [3.05, 3.63) is 34.9 Å². The average Bonchev–Trinajstić information content (AvgIpc) is 2.27. The van der Waals surface area contributed by atoms with E-state index < -0.39 is 0 Å². The molecular weight excluding hydrogens is 188 g/mol. The second kappa shape index (κ2) is 5.08. The third-order valence-corrected chi connectivity index (χ3v) is 2.52. The molecule has 0 heterocycles. The van der Waals surface area contributed by atoms with E-state index in [1.165, 1.54) is 0 Å². The highest BCUT2D eigenvalue weighted by Crippen LogP contribution is 2.17. The maximum Gasteiger partial charge on any atom is 0.165 e. The Hall–Kier alpha value is -1.15. The summed E-state index contributed by atoms with van der Waals surface area (Å²) in [6.45, 7) is 5.86. The van der Waals surface area contributed by atoms with Crippen molar-refractivity contribution in [1.82, 2.24) is 0 Å². The molecule has 0 spiro atoms. The lowest BCUT2D eigenvalue weighted by Crippen LogP contribution is -2.10. The summed E-state index contributed by atoms with van der Waals surface area (Å²) in [6.07, 6.45) is 0.821. The lowest BCUT2D eigenvalue weighted by atomic mass is 9.94. The van der Waals surface area contributed by atoms with Crippen LogP contribution < -0.4 is 0 Å². The average molecular weight is 206 g/mol. The Labute approximate surface area is 90.9 Å². The second-order valence-electron chi connectivity index (χ2n) is 4.02. The first kappa shape index (κ1) is 11.9. The summed E-state index contributed by atoms with van der Waals surface area (Å²) in [5, 5.41) is 9.01. The van der Waals surface area contributed by atoms with Gasteiger partial charge in [-0.15, -0.1) is 0 Å². The van der Waals surface area contributed by atoms with Gasteiger partial charge in [-0.1, -0.05) is 39.0 Å². The van der Waals surface area contributed by atoms with Crippen LogP contribution in [0.5, 0.6) is 0 Å². The van der Waals surface area contributed by atoms with Crippen LogP contribution in [0, 0.1) is 5.92 Å². The first-order valence-electron chi connectivity index (χ1n) is 5.37. The zero-order valence-corrected chi connectivity index (χ0v) is 9.58. The highest BCUT2D eigenvalue weighted by molar-refractivity contribution is 5.98. The molecule has 2 nitrogen and oxygen atoms in total. The number of Topliss-reactive ketones (excluding diaryl/α,β-unsaturated/α-hetero) is 1. The van der Waals surface area contributed by atoms with Crippen molar-refractivity contribution in [1.29, 1.82) is 0 Å². The van der Waals surface area contributed by atoms with E-state index in [0.29, 0.717) is 0 Å². The second-order valence-corrected chi connectivity index (χ2v) is 4.02. The van der Waals surface area contributed by atoms with Crippen molar-refractivity contribution in [3.63, 3.8) is 0 Å². The van der Waals surface area contributed by atoms with E-state index in [-0.39, 0.29) is 18.3 Å². The fourth-order valence-corrected chi connectivity index (χ4v) is 1.59. The molecule has 82 valence electrons. The van der Waals surface area contributed by atoms with E-state index >= 15 is 0 Å². The molecular formula is C13H18O2. The van der Waals surface area contributed by atoms with Gasteiger partial charge >= 0.3 is 0 Å². The quantitative estimate of drug-likeness (QED) is 0.769. The summed E-state index contributed by atoms with van der Waals surface area (Å²) in [4.78, 5) is 11.9. The molecule has 1 N–H and O–H groups in total. The van der Waals surface area contributed by atoms with Gasteiger partial charge < -0.3 is 5.11 Å². The van der Waals surface area contributed by atoms with Gasteiger partial charge in [0, 0.05) is 11.5 Å². The van der Waals surface area contributed by atoms with Crippen molar-refractivity contribution < 1.29 is 9.90 Å². The highest BCUT2D eigenvalue weighted by Gasteiger charge is 2.13. The molecule has 0 saturated carbocycles. The highest BCUT2D eigenvalue weighted by atomic mass is 16.3. The summed E-state index contributed by atoms with van der Waals surface area (Å²) < 4.78 is 0. The van der Waals surface area contributed by atoms with Gasteiger partial charge in [0.1, 0.15) is 0 Å². The molecule has 0 aliphatic heterocycles. The molecule has 2 heteroatoms. The van der Waals surface area contributed by atoms with Crippen LogP contribution >= 0.6 is 0 Å². The minimum absolute atomic E-state index is 0.0234. The van der Waals surface area contributed by atoms with Gasteiger partial charge in [-0.05, 0) is 17.5 Å². The lowest BCUT2D eigenvalue weighted by molar-refractivity contribution is 0.0938. The Morgan fingerprint density at radius 3 is 2.53 bits per heavy atom. The molecule has 0 aliphatic rings. The van der Waals surface area contributed by atoms with Crippen LogP contribution in [0.1, 0.15) is 42.3 Å². The van der Waals surface area contributed by atoms with E-state index in [1.807, 2.05) is 39.0 Å². The monoisotopic (exact) mass is 206 g/mol. The summed E-state index contributed by atoms with van der Waals surface area (Å²) in [5.74, 6) is 0.201. The van der Waals surface area contributed by atoms with Gasteiger partial charge in [-0.3, -0.25) is 4.79 Å². The Bertz CT molecular complexity index is 354. The third-order valence-electron chi connectivity index (χ3n) is 2.52. The Morgan fingerprint density at radius 1 is 1.40 bits per heavy atom. The SMILES string of the molecule is CCc1cc(CO)ccc1C(=O)C(C)C. The molecule has 1 aromatic carbocycles. The number of rotatable bonds is 4. The van der Waals surface area contributed by atoms with E-state index in [4.69, 9.17) is 5.11 Å². The summed E-state index contributed by atoms with van der Waals surface area (Å²) in [5.41, 5.74) is 2.69. The van der Waals surface area contributed by atoms with Gasteiger partial charge in [-0.25, -0.2) is 0 Å². The van der Waals surface area contributed by atoms with Crippen LogP contribution in [-0.4, -0.2) is 10.9 Å². The largest absolute Gasteiger partial charge is 0.392 e. The van der Waals surface area contributed by atoms with Gasteiger partial charge in [0.05, 0.1) is 6.61 Å². The number of aryl methyl sites for hydroxylation is 1. The molecule has 0 amide bonds. The van der Waals surface area contributed by atoms with Crippen LogP contribution in [0.2, 0.25) is 0 Å². The molecule has 0 aromatic heterocycles. The smallest absolute Gasteiger partial charge is 0.165 e. The molecule has 0 fully saturated rings. The Kier molecular flexibility index (Phi) is 4.04. The van der Waals surface area contributed by atoms with Crippen molar-refractivity contribution in [2.75, 3.05) is 0 Å². The minimum atomic E-state index is 0.0234. The fraction of sp³-hybridized carbons (Fsp3) is 0.462. The number of benzene rings is 1. The van der Waals surface area contributed by atoms with Crippen LogP contribution in [-0.2, 0) is 13.0 Å². The van der Waals surface area contributed by atoms with Crippen LogP contribution in [0.15, 0.2) is 18.2 Å². The molecule has 1 aromatic rings. The number of hydrogen-bond acceptors (Lipinski definition) is 2. The predicted octanol–water partition coefficient (Wildman–Crippen LogP) is 2.58. The standard InChI is InChI=1S/C13H18O2/c1-4-11-7-10(8-14)5-6-12(11)13(15)9(2)3/h5-7,9,14H,4,8H2,1-3H3. The van der Waals surface area contributed by atoms with E-state index in [0.717, 1.165) is 23.1 Å².